The first-order chi connectivity index (χ1) is 21.6. The lowest BCUT2D eigenvalue weighted by atomic mass is 10.1. The molecule has 2 saturated heterocycles. The van der Waals surface area contributed by atoms with Crippen LogP contribution in [0.2, 0.25) is 0 Å². The van der Waals surface area contributed by atoms with Gasteiger partial charge < -0.3 is 48.5 Å². The summed E-state index contributed by atoms with van der Waals surface area (Å²) in [4.78, 5) is 4.79. The summed E-state index contributed by atoms with van der Waals surface area (Å²) < 4.78 is 46.2. The van der Waals surface area contributed by atoms with Gasteiger partial charge in [-0.1, -0.05) is 24.3 Å². The van der Waals surface area contributed by atoms with E-state index in [2.05, 4.69) is 44.7 Å². The Kier molecular flexibility index (Phi) is 19.5. The minimum atomic E-state index is -0.228. The van der Waals surface area contributed by atoms with Crippen molar-refractivity contribution < 1.29 is 37.9 Å². The highest BCUT2D eigenvalue weighted by Crippen LogP contribution is 2.14. The van der Waals surface area contributed by atoms with E-state index >= 15 is 0 Å². The Hall–Kier alpha value is -1.26. The number of benzene rings is 1. The van der Waals surface area contributed by atoms with Crippen LogP contribution in [0, 0.1) is 0 Å². The van der Waals surface area contributed by atoms with Gasteiger partial charge in [0.1, 0.15) is 0 Å². The van der Waals surface area contributed by atoms with E-state index in [1.165, 1.54) is 11.1 Å². The Morgan fingerprint density at radius 1 is 0.523 bits per heavy atom. The molecule has 2 aliphatic rings. The van der Waals surface area contributed by atoms with Gasteiger partial charge in [0.25, 0.3) is 0 Å². The number of methoxy groups -OCH3 is 4. The minimum absolute atomic E-state index is 0.215. The third-order valence-corrected chi connectivity index (χ3v) is 7.95. The van der Waals surface area contributed by atoms with E-state index in [1.54, 1.807) is 28.4 Å². The number of nitrogens with one attached hydrogen (secondary N) is 2. The molecule has 2 heterocycles. The van der Waals surface area contributed by atoms with Crippen molar-refractivity contribution in [3.8, 4) is 0 Å². The summed E-state index contributed by atoms with van der Waals surface area (Å²) in [5, 5.41) is 6.74. The van der Waals surface area contributed by atoms with Crippen LogP contribution in [0.5, 0.6) is 0 Å². The Balaban J connectivity index is 1.59. The molecule has 3 rings (SSSR count). The molecule has 1 aromatic carbocycles. The molecule has 0 aliphatic carbocycles. The lowest BCUT2D eigenvalue weighted by Gasteiger charge is -2.27. The van der Waals surface area contributed by atoms with Crippen LogP contribution in [0.15, 0.2) is 24.3 Å². The molecule has 2 N–H and O–H groups in total. The van der Waals surface area contributed by atoms with Crippen molar-refractivity contribution in [1.82, 2.24) is 20.4 Å². The third kappa shape index (κ3) is 15.4. The standard InChI is InChI=1S/C32H58N4O8/c1-37-29-9-13-33-15-21-41-31(39-3)11-17-35(19-23-43-29)25-27-5-7-28(8-6-27)26-36-18-12-32(40-4)42-22-16-34-14-10-30(38-2)44-24-20-36/h5-8,29-34H,9-26H2,1-4H3/t29?,30?,31-,32-/m1/s1. The van der Waals surface area contributed by atoms with Gasteiger partial charge in [-0.05, 0) is 11.1 Å². The lowest BCUT2D eigenvalue weighted by molar-refractivity contribution is -0.140. The highest BCUT2D eigenvalue weighted by molar-refractivity contribution is 5.22. The van der Waals surface area contributed by atoms with Gasteiger partial charge >= 0.3 is 0 Å². The maximum absolute atomic E-state index is 6.04. The second-order valence-corrected chi connectivity index (χ2v) is 11.2. The monoisotopic (exact) mass is 626 g/mol. The molecular formula is C32H58N4O8. The molecule has 0 aromatic heterocycles. The van der Waals surface area contributed by atoms with Crippen molar-refractivity contribution in [2.45, 2.75) is 63.9 Å². The van der Waals surface area contributed by atoms with Crippen LogP contribution >= 0.6 is 0 Å². The molecule has 1 aromatic rings. The third-order valence-electron chi connectivity index (χ3n) is 7.95. The van der Waals surface area contributed by atoms with Crippen molar-refractivity contribution in [3.05, 3.63) is 35.4 Å². The summed E-state index contributed by atoms with van der Waals surface area (Å²) in [5.74, 6) is 0. The first-order valence-corrected chi connectivity index (χ1v) is 16.1. The normalized spacial score (nSPS) is 27.7. The van der Waals surface area contributed by atoms with Crippen LogP contribution in [0.4, 0.5) is 0 Å². The topological polar surface area (TPSA) is 104 Å². The van der Waals surface area contributed by atoms with Gasteiger partial charge in [-0.3, -0.25) is 9.80 Å². The quantitative estimate of drug-likeness (QED) is 0.441. The number of nitrogens with zero attached hydrogens (tertiary/aromatic N) is 2. The highest BCUT2D eigenvalue weighted by Gasteiger charge is 2.17. The molecule has 0 amide bonds. The van der Waals surface area contributed by atoms with Crippen molar-refractivity contribution >= 4 is 0 Å². The van der Waals surface area contributed by atoms with E-state index in [0.717, 1.165) is 91.1 Å². The summed E-state index contributed by atoms with van der Waals surface area (Å²) in [7, 11) is 6.82. The van der Waals surface area contributed by atoms with Crippen LogP contribution in [0.3, 0.4) is 0 Å². The van der Waals surface area contributed by atoms with E-state index < -0.39 is 0 Å². The van der Waals surface area contributed by atoms with Crippen molar-refractivity contribution in [1.29, 1.82) is 0 Å². The summed E-state index contributed by atoms with van der Waals surface area (Å²) in [5.41, 5.74) is 2.51. The molecule has 0 saturated carbocycles. The molecule has 2 aliphatic heterocycles. The van der Waals surface area contributed by atoms with E-state index in [4.69, 9.17) is 37.9 Å². The molecular weight excluding hydrogens is 568 g/mol. The molecule has 0 spiro atoms. The molecule has 0 radical (unpaired) electrons. The minimum Gasteiger partial charge on any atom is -0.356 e. The molecule has 12 heteroatoms. The molecule has 44 heavy (non-hydrogen) atoms. The van der Waals surface area contributed by atoms with Crippen molar-refractivity contribution in [3.63, 3.8) is 0 Å². The maximum atomic E-state index is 6.04. The first-order valence-electron chi connectivity index (χ1n) is 16.1. The molecule has 2 unspecified atom stereocenters. The Labute approximate surface area is 264 Å². The summed E-state index contributed by atoms with van der Waals surface area (Å²) in [6.45, 7) is 10.4. The zero-order valence-electron chi connectivity index (χ0n) is 27.5. The van der Waals surface area contributed by atoms with Gasteiger partial charge in [-0.15, -0.1) is 0 Å². The summed E-state index contributed by atoms with van der Waals surface area (Å²) >= 11 is 0. The Morgan fingerprint density at radius 2 is 0.886 bits per heavy atom. The van der Waals surface area contributed by atoms with Gasteiger partial charge in [0.05, 0.1) is 26.4 Å². The van der Waals surface area contributed by atoms with Gasteiger partial charge in [0.15, 0.2) is 25.2 Å². The fourth-order valence-electron chi connectivity index (χ4n) is 5.30. The number of rotatable bonds is 8. The predicted octanol–water partition coefficient (Wildman–Crippen LogP) is 2.01. The molecule has 0 bridgehead atoms. The molecule has 254 valence electrons. The number of ether oxygens (including phenoxy) is 8. The van der Waals surface area contributed by atoms with Crippen LogP contribution in [0.1, 0.15) is 36.8 Å². The average Bonchev–Trinajstić information content (AvgIpc) is 3.05. The van der Waals surface area contributed by atoms with E-state index in [-0.39, 0.29) is 25.2 Å². The predicted molar refractivity (Wildman–Crippen MR) is 168 cm³/mol. The average molecular weight is 627 g/mol. The largest absolute Gasteiger partial charge is 0.356 e. The second-order valence-electron chi connectivity index (χ2n) is 11.2. The molecule has 4 atom stereocenters. The van der Waals surface area contributed by atoms with E-state index in [0.29, 0.717) is 26.4 Å². The zero-order chi connectivity index (χ0) is 31.2. The smallest absolute Gasteiger partial charge is 0.158 e. The molecule has 12 nitrogen and oxygen atoms in total. The second kappa shape index (κ2) is 23.1. The van der Waals surface area contributed by atoms with Crippen LogP contribution < -0.4 is 10.6 Å². The number of hydrogen-bond donors (Lipinski definition) is 2. The number of hydrogen-bond acceptors (Lipinski definition) is 12. The molecule has 2 fully saturated rings. The highest BCUT2D eigenvalue weighted by atomic mass is 16.7. The van der Waals surface area contributed by atoms with Crippen molar-refractivity contribution in [2.75, 3.05) is 107 Å². The Morgan fingerprint density at radius 3 is 1.27 bits per heavy atom. The van der Waals surface area contributed by atoms with Gasteiger partial charge in [-0.2, -0.15) is 0 Å². The van der Waals surface area contributed by atoms with Crippen LogP contribution in [0.25, 0.3) is 0 Å². The van der Waals surface area contributed by atoms with E-state index in [9.17, 15) is 0 Å². The van der Waals surface area contributed by atoms with Gasteiger partial charge in [-0.25, -0.2) is 0 Å². The lowest BCUT2D eigenvalue weighted by Crippen LogP contribution is -2.35. The first kappa shape index (κ1) is 37.2. The summed E-state index contributed by atoms with van der Waals surface area (Å²) in [6, 6.07) is 8.91. The van der Waals surface area contributed by atoms with E-state index in [1.807, 2.05) is 0 Å². The van der Waals surface area contributed by atoms with Gasteiger partial charge in [0, 0.05) is 120 Å². The van der Waals surface area contributed by atoms with Crippen LogP contribution in [-0.2, 0) is 51.0 Å². The van der Waals surface area contributed by atoms with Crippen molar-refractivity contribution in [2.24, 2.45) is 0 Å². The fraction of sp³-hybridized carbons (Fsp3) is 0.812. The summed E-state index contributed by atoms with van der Waals surface area (Å²) in [6.07, 6.45) is 2.26. The fourth-order valence-corrected chi connectivity index (χ4v) is 5.30. The zero-order valence-corrected chi connectivity index (χ0v) is 27.5. The maximum Gasteiger partial charge on any atom is 0.158 e. The van der Waals surface area contributed by atoms with Crippen LogP contribution in [-0.4, -0.2) is 142 Å². The SMILES string of the molecule is COC1CCNCCO[C@@H](OC)CCN(Cc2ccc(CN3CCOC(OC)CCNCCO[C@@H](OC)CC3)cc2)CCO1. The van der Waals surface area contributed by atoms with Gasteiger partial charge in [0.2, 0.25) is 0 Å². The Bertz CT molecular complexity index is 772.